The molecule has 0 rings (SSSR count). The maximum absolute atomic E-state index is 10.5. The first-order chi connectivity index (χ1) is 11.1. The van der Waals surface area contributed by atoms with Gasteiger partial charge in [-0.2, -0.15) is 0 Å². The van der Waals surface area contributed by atoms with Crippen molar-refractivity contribution in [3.8, 4) is 0 Å². The maximum atomic E-state index is 10.5. The molecule has 1 radical (unpaired) electrons. The summed E-state index contributed by atoms with van der Waals surface area (Å²) in [5, 5.41) is 0. The van der Waals surface area contributed by atoms with Gasteiger partial charge in [0.1, 0.15) is 0 Å². The predicted octanol–water partition coefficient (Wildman–Crippen LogP) is 6.35. The van der Waals surface area contributed by atoms with E-state index >= 15 is 0 Å². The zero-order valence-corrected chi connectivity index (χ0v) is 17.9. The molecule has 0 fully saturated rings. The number of unbranched alkanes of at least 4 members (excludes halogenated alkanes) is 15. The second kappa shape index (κ2) is 20.2. The number of rotatable bonds is 18. The Kier molecular flexibility index (Phi) is 22.7. The van der Waals surface area contributed by atoms with Gasteiger partial charge in [0.15, 0.2) is 0 Å². The predicted molar refractivity (Wildman–Crippen MR) is 97.5 cm³/mol. The molecule has 0 saturated heterocycles. The molecule has 0 aliphatic rings. The van der Waals surface area contributed by atoms with Gasteiger partial charge in [-0.25, -0.2) is 4.57 Å². The molecule has 0 atom stereocenters. The SMILES string of the molecule is CCCCCCCCCCCCCCCCCCOP(=O)(O)O.[Ag]. The summed E-state index contributed by atoms with van der Waals surface area (Å²) >= 11 is 0. The van der Waals surface area contributed by atoms with Crippen LogP contribution in [0.25, 0.3) is 0 Å². The molecule has 0 aliphatic carbocycles. The van der Waals surface area contributed by atoms with Gasteiger partial charge in [-0.15, -0.1) is 0 Å². The summed E-state index contributed by atoms with van der Waals surface area (Å²) < 4.78 is 14.9. The van der Waals surface area contributed by atoms with Crippen LogP contribution in [0.4, 0.5) is 0 Å². The van der Waals surface area contributed by atoms with Crippen LogP contribution in [0.15, 0.2) is 0 Å². The Morgan fingerprint density at radius 1 is 0.625 bits per heavy atom. The van der Waals surface area contributed by atoms with Gasteiger partial charge in [0, 0.05) is 22.4 Å². The van der Waals surface area contributed by atoms with Gasteiger partial charge in [0.05, 0.1) is 6.61 Å². The van der Waals surface area contributed by atoms with E-state index < -0.39 is 7.82 Å². The number of hydrogen-bond donors (Lipinski definition) is 2. The van der Waals surface area contributed by atoms with Crippen molar-refractivity contribution in [3.05, 3.63) is 0 Å². The van der Waals surface area contributed by atoms with Crippen molar-refractivity contribution in [1.82, 2.24) is 0 Å². The first-order valence-electron chi connectivity index (χ1n) is 9.76. The second-order valence-electron chi connectivity index (χ2n) is 6.63. The van der Waals surface area contributed by atoms with Crippen molar-refractivity contribution in [2.45, 2.75) is 110 Å². The number of hydrogen-bond acceptors (Lipinski definition) is 2. The molecule has 0 aromatic rings. The van der Waals surface area contributed by atoms with Gasteiger partial charge in [-0.3, -0.25) is 4.52 Å². The topological polar surface area (TPSA) is 66.8 Å². The van der Waals surface area contributed by atoms with Gasteiger partial charge in [0.25, 0.3) is 0 Å². The van der Waals surface area contributed by atoms with Crippen molar-refractivity contribution < 1.29 is 41.3 Å². The van der Waals surface area contributed by atoms with Crippen LogP contribution >= 0.6 is 7.82 Å². The quantitative estimate of drug-likeness (QED) is 0.143. The Morgan fingerprint density at radius 2 is 0.917 bits per heavy atom. The third-order valence-electron chi connectivity index (χ3n) is 4.26. The fourth-order valence-corrected chi connectivity index (χ4v) is 3.20. The van der Waals surface area contributed by atoms with Gasteiger partial charge >= 0.3 is 7.82 Å². The van der Waals surface area contributed by atoms with Gasteiger partial charge in [-0.1, -0.05) is 103 Å². The number of phosphoric ester groups is 1. The van der Waals surface area contributed by atoms with Crippen LogP contribution in [0.2, 0.25) is 0 Å². The van der Waals surface area contributed by atoms with E-state index in [9.17, 15) is 4.57 Å². The fourth-order valence-electron chi connectivity index (χ4n) is 2.83. The molecule has 2 N–H and O–H groups in total. The summed E-state index contributed by atoms with van der Waals surface area (Å²) in [5.74, 6) is 0. The van der Waals surface area contributed by atoms with Crippen molar-refractivity contribution in [3.63, 3.8) is 0 Å². The molecule has 6 heteroatoms. The minimum absolute atomic E-state index is 0. The van der Waals surface area contributed by atoms with Crippen LogP contribution in [0.5, 0.6) is 0 Å². The smallest absolute Gasteiger partial charge is 0.303 e. The first-order valence-corrected chi connectivity index (χ1v) is 11.3. The second-order valence-corrected chi connectivity index (χ2v) is 7.87. The van der Waals surface area contributed by atoms with E-state index in [0.717, 1.165) is 19.3 Å². The minimum atomic E-state index is -4.26. The Hall–Kier alpha value is 0.850. The molecule has 0 heterocycles. The molecule has 0 amide bonds. The van der Waals surface area contributed by atoms with E-state index in [1.165, 1.54) is 83.5 Å². The Labute approximate surface area is 165 Å². The first kappa shape index (κ1) is 27.1. The summed E-state index contributed by atoms with van der Waals surface area (Å²) in [6, 6.07) is 0. The van der Waals surface area contributed by atoms with E-state index in [1.807, 2.05) is 0 Å². The van der Waals surface area contributed by atoms with Crippen molar-refractivity contribution in [2.75, 3.05) is 6.61 Å². The Balaban J connectivity index is 0. The van der Waals surface area contributed by atoms with Gasteiger partial charge in [-0.05, 0) is 6.42 Å². The zero-order chi connectivity index (χ0) is 17.2. The summed E-state index contributed by atoms with van der Waals surface area (Å²) in [4.78, 5) is 17.1. The van der Waals surface area contributed by atoms with E-state index in [0.29, 0.717) is 0 Å². The summed E-state index contributed by atoms with van der Waals surface area (Å²) in [5.41, 5.74) is 0. The van der Waals surface area contributed by atoms with E-state index in [1.54, 1.807) is 0 Å². The fraction of sp³-hybridized carbons (Fsp3) is 1.00. The molecule has 0 bridgehead atoms. The minimum Gasteiger partial charge on any atom is -0.303 e. The van der Waals surface area contributed by atoms with E-state index in [4.69, 9.17) is 9.79 Å². The van der Waals surface area contributed by atoms with Crippen LogP contribution in [0.3, 0.4) is 0 Å². The Bertz CT molecular complexity index is 284. The van der Waals surface area contributed by atoms with Gasteiger partial charge in [0.2, 0.25) is 0 Å². The Morgan fingerprint density at radius 3 is 1.21 bits per heavy atom. The summed E-state index contributed by atoms with van der Waals surface area (Å²) in [7, 11) is -4.26. The molecule has 24 heavy (non-hydrogen) atoms. The van der Waals surface area contributed by atoms with Crippen molar-refractivity contribution in [2.24, 2.45) is 0 Å². The average molecular weight is 458 g/mol. The monoisotopic (exact) mass is 457 g/mol. The van der Waals surface area contributed by atoms with Crippen LogP contribution in [0.1, 0.15) is 110 Å². The van der Waals surface area contributed by atoms with Crippen LogP contribution in [-0.2, 0) is 31.5 Å². The van der Waals surface area contributed by atoms with Crippen LogP contribution < -0.4 is 0 Å². The van der Waals surface area contributed by atoms with E-state index in [-0.39, 0.29) is 29.0 Å². The summed E-state index contributed by atoms with van der Waals surface area (Å²) in [6.45, 7) is 2.43. The van der Waals surface area contributed by atoms with Crippen molar-refractivity contribution in [1.29, 1.82) is 0 Å². The molecular formula is C18H39AgO4P. The molecule has 4 nitrogen and oxygen atoms in total. The molecule has 0 aliphatic heterocycles. The van der Waals surface area contributed by atoms with Crippen molar-refractivity contribution >= 4 is 7.82 Å². The molecular weight excluding hydrogens is 419 g/mol. The maximum Gasteiger partial charge on any atom is 0.469 e. The molecule has 0 aromatic heterocycles. The molecule has 0 unspecified atom stereocenters. The molecule has 0 spiro atoms. The summed E-state index contributed by atoms with van der Waals surface area (Å²) in [6.07, 6.45) is 20.7. The third kappa shape index (κ3) is 25.1. The molecule has 0 aromatic carbocycles. The zero-order valence-electron chi connectivity index (χ0n) is 15.5. The number of phosphoric acid groups is 1. The molecule has 151 valence electrons. The largest absolute Gasteiger partial charge is 0.469 e. The van der Waals surface area contributed by atoms with Crippen LogP contribution in [-0.4, -0.2) is 16.4 Å². The van der Waals surface area contributed by atoms with E-state index in [2.05, 4.69) is 11.4 Å². The third-order valence-corrected chi connectivity index (χ3v) is 4.78. The van der Waals surface area contributed by atoms with Crippen LogP contribution in [0, 0.1) is 0 Å². The van der Waals surface area contributed by atoms with Gasteiger partial charge < -0.3 is 9.79 Å². The molecule has 0 saturated carbocycles. The average Bonchev–Trinajstić information content (AvgIpc) is 2.49. The normalized spacial score (nSPS) is 11.5. The standard InChI is InChI=1S/C18H39O4P.Ag/c1-2-3-4-5-6-7-8-9-10-11-12-13-14-15-16-17-18-22-23(19,20)21;/h2-18H2,1H3,(H2,19,20,21);.